The molecule has 1 atom stereocenters. The van der Waals surface area contributed by atoms with Gasteiger partial charge in [0.2, 0.25) is 0 Å². The second kappa shape index (κ2) is 4.95. The first-order valence-electron chi connectivity index (χ1n) is 5.62. The molecule has 1 aliphatic carbocycles. The molecule has 1 aliphatic rings. The zero-order valence-electron chi connectivity index (χ0n) is 8.82. The minimum atomic E-state index is 0.0728. The van der Waals surface area contributed by atoms with Gasteiger partial charge in [0.15, 0.2) is 0 Å². The third-order valence-electron chi connectivity index (χ3n) is 3.27. The van der Waals surface area contributed by atoms with Crippen molar-refractivity contribution in [3.05, 3.63) is 29.0 Å². The predicted molar refractivity (Wildman–Crippen MR) is 62.8 cm³/mol. The molecule has 0 amide bonds. The van der Waals surface area contributed by atoms with Crippen molar-refractivity contribution >= 4 is 11.6 Å². The molecule has 0 aliphatic heterocycles. The molecule has 0 saturated heterocycles. The smallest absolute Gasteiger partial charge is 0.0637 e. The van der Waals surface area contributed by atoms with Crippen molar-refractivity contribution in [2.24, 2.45) is 11.7 Å². The number of nitrogens with zero attached hydrogens (tertiary/aromatic N) is 1. The van der Waals surface area contributed by atoms with Gasteiger partial charge in [-0.2, -0.15) is 0 Å². The number of rotatable bonds is 3. The molecule has 1 saturated carbocycles. The van der Waals surface area contributed by atoms with Crippen LogP contribution in [0.4, 0.5) is 0 Å². The summed E-state index contributed by atoms with van der Waals surface area (Å²) >= 11 is 6.06. The lowest BCUT2D eigenvalue weighted by Crippen LogP contribution is -2.14. The molecule has 1 heterocycles. The summed E-state index contributed by atoms with van der Waals surface area (Å²) in [7, 11) is 0. The quantitative estimate of drug-likeness (QED) is 0.856. The van der Waals surface area contributed by atoms with Crippen LogP contribution in [0.2, 0.25) is 5.02 Å². The first kappa shape index (κ1) is 10.9. The molecule has 1 aromatic rings. The molecule has 82 valence electrons. The fourth-order valence-corrected chi connectivity index (χ4v) is 2.68. The topological polar surface area (TPSA) is 38.9 Å². The third kappa shape index (κ3) is 2.70. The van der Waals surface area contributed by atoms with E-state index in [2.05, 4.69) is 4.98 Å². The van der Waals surface area contributed by atoms with E-state index in [-0.39, 0.29) is 6.04 Å². The Hall–Kier alpha value is -0.600. The van der Waals surface area contributed by atoms with Crippen molar-refractivity contribution in [2.75, 3.05) is 0 Å². The molecule has 3 heteroatoms. The third-order valence-corrected chi connectivity index (χ3v) is 3.58. The van der Waals surface area contributed by atoms with Gasteiger partial charge in [-0.05, 0) is 24.0 Å². The van der Waals surface area contributed by atoms with E-state index < -0.39 is 0 Å². The number of nitrogens with two attached hydrogens (primary N) is 1. The van der Waals surface area contributed by atoms with E-state index in [1.807, 2.05) is 6.07 Å². The Morgan fingerprint density at radius 3 is 2.87 bits per heavy atom. The standard InChI is InChI=1S/C12H17ClN2/c13-11-8-15-6-5-10(11)12(14)7-9-3-1-2-4-9/h5-6,8-9,12H,1-4,7,14H2. The predicted octanol–water partition coefficient (Wildman–Crippen LogP) is 3.32. The van der Waals surface area contributed by atoms with Crippen LogP contribution >= 0.6 is 11.6 Å². The maximum absolute atomic E-state index is 6.16. The number of hydrogen-bond donors (Lipinski definition) is 1. The lowest BCUT2D eigenvalue weighted by Gasteiger charge is -2.17. The van der Waals surface area contributed by atoms with E-state index in [1.165, 1.54) is 25.7 Å². The van der Waals surface area contributed by atoms with Crippen molar-refractivity contribution in [1.29, 1.82) is 0 Å². The Bertz CT molecular complexity index is 321. The number of aromatic nitrogens is 1. The van der Waals surface area contributed by atoms with Gasteiger partial charge in [-0.3, -0.25) is 4.98 Å². The first-order chi connectivity index (χ1) is 7.27. The number of hydrogen-bond acceptors (Lipinski definition) is 2. The van der Waals surface area contributed by atoms with Gasteiger partial charge in [-0.15, -0.1) is 0 Å². The Morgan fingerprint density at radius 2 is 2.20 bits per heavy atom. The minimum absolute atomic E-state index is 0.0728. The van der Waals surface area contributed by atoms with E-state index in [4.69, 9.17) is 17.3 Å². The fraction of sp³-hybridized carbons (Fsp3) is 0.583. The summed E-state index contributed by atoms with van der Waals surface area (Å²) in [4.78, 5) is 3.97. The van der Waals surface area contributed by atoms with Crippen molar-refractivity contribution < 1.29 is 0 Å². The molecule has 15 heavy (non-hydrogen) atoms. The molecule has 0 radical (unpaired) electrons. The van der Waals surface area contributed by atoms with E-state index >= 15 is 0 Å². The molecule has 2 rings (SSSR count). The van der Waals surface area contributed by atoms with Crippen molar-refractivity contribution in [2.45, 2.75) is 38.1 Å². The maximum atomic E-state index is 6.16. The minimum Gasteiger partial charge on any atom is -0.324 e. The molecule has 0 bridgehead atoms. The molecular weight excluding hydrogens is 208 g/mol. The number of pyridine rings is 1. The normalized spacial score (nSPS) is 19.3. The molecule has 0 aromatic carbocycles. The molecule has 2 nitrogen and oxygen atoms in total. The molecule has 1 aromatic heterocycles. The molecule has 0 spiro atoms. The van der Waals surface area contributed by atoms with E-state index in [0.29, 0.717) is 5.02 Å². The van der Waals surface area contributed by atoms with Crippen molar-refractivity contribution in [3.63, 3.8) is 0 Å². The Kier molecular flexibility index (Phi) is 3.60. The van der Waals surface area contributed by atoms with Gasteiger partial charge < -0.3 is 5.73 Å². The van der Waals surface area contributed by atoms with E-state index in [1.54, 1.807) is 12.4 Å². The van der Waals surface area contributed by atoms with Crippen LogP contribution in [0, 0.1) is 5.92 Å². The van der Waals surface area contributed by atoms with Gasteiger partial charge in [0, 0.05) is 18.4 Å². The molecular formula is C12H17ClN2. The lowest BCUT2D eigenvalue weighted by atomic mass is 9.95. The highest BCUT2D eigenvalue weighted by atomic mass is 35.5. The summed E-state index contributed by atoms with van der Waals surface area (Å²) < 4.78 is 0. The average molecular weight is 225 g/mol. The SMILES string of the molecule is NC(CC1CCCC1)c1ccncc1Cl. The highest BCUT2D eigenvalue weighted by Gasteiger charge is 2.20. The van der Waals surface area contributed by atoms with Crippen LogP contribution in [0.15, 0.2) is 18.5 Å². The number of halogens is 1. The van der Waals surface area contributed by atoms with Crippen molar-refractivity contribution in [3.8, 4) is 0 Å². The van der Waals surface area contributed by atoms with Gasteiger partial charge in [-0.25, -0.2) is 0 Å². The average Bonchev–Trinajstić information content (AvgIpc) is 2.71. The molecule has 1 fully saturated rings. The second-order valence-electron chi connectivity index (χ2n) is 4.39. The largest absolute Gasteiger partial charge is 0.324 e. The zero-order valence-corrected chi connectivity index (χ0v) is 9.58. The Balaban J connectivity index is 2.00. The van der Waals surface area contributed by atoms with Gasteiger partial charge in [0.25, 0.3) is 0 Å². The van der Waals surface area contributed by atoms with Crippen LogP contribution in [-0.4, -0.2) is 4.98 Å². The second-order valence-corrected chi connectivity index (χ2v) is 4.80. The lowest BCUT2D eigenvalue weighted by molar-refractivity contribution is 0.451. The van der Waals surface area contributed by atoms with Crippen LogP contribution in [0.3, 0.4) is 0 Å². The van der Waals surface area contributed by atoms with Crippen LogP contribution < -0.4 is 5.73 Å². The highest BCUT2D eigenvalue weighted by Crippen LogP contribution is 2.33. The summed E-state index contributed by atoms with van der Waals surface area (Å²) in [5.74, 6) is 0.796. The van der Waals surface area contributed by atoms with Gasteiger partial charge in [0.05, 0.1) is 5.02 Å². The van der Waals surface area contributed by atoms with Gasteiger partial charge in [0.1, 0.15) is 0 Å². The van der Waals surface area contributed by atoms with Crippen LogP contribution in [-0.2, 0) is 0 Å². The van der Waals surface area contributed by atoms with Gasteiger partial charge >= 0.3 is 0 Å². The Labute approximate surface area is 95.8 Å². The fourth-order valence-electron chi connectivity index (χ4n) is 2.42. The van der Waals surface area contributed by atoms with Crippen molar-refractivity contribution in [1.82, 2.24) is 4.98 Å². The zero-order chi connectivity index (χ0) is 10.7. The summed E-state index contributed by atoms with van der Waals surface area (Å²) in [6.07, 6.45) is 9.88. The highest BCUT2D eigenvalue weighted by molar-refractivity contribution is 6.31. The summed E-state index contributed by atoms with van der Waals surface area (Å²) in [6, 6.07) is 2.01. The summed E-state index contributed by atoms with van der Waals surface area (Å²) in [5.41, 5.74) is 7.20. The van der Waals surface area contributed by atoms with Crippen LogP contribution in [0.25, 0.3) is 0 Å². The van der Waals surface area contributed by atoms with E-state index in [9.17, 15) is 0 Å². The summed E-state index contributed by atoms with van der Waals surface area (Å²) in [6.45, 7) is 0. The van der Waals surface area contributed by atoms with Gasteiger partial charge in [-0.1, -0.05) is 37.3 Å². The van der Waals surface area contributed by atoms with E-state index in [0.717, 1.165) is 17.9 Å². The van der Waals surface area contributed by atoms with Crippen LogP contribution in [0.5, 0.6) is 0 Å². The molecule has 2 N–H and O–H groups in total. The maximum Gasteiger partial charge on any atom is 0.0637 e. The first-order valence-corrected chi connectivity index (χ1v) is 6.00. The van der Waals surface area contributed by atoms with Crippen LogP contribution in [0.1, 0.15) is 43.7 Å². The Morgan fingerprint density at radius 1 is 1.47 bits per heavy atom. The molecule has 1 unspecified atom stereocenters. The summed E-state index contributed by atoms with van der Waals surface area (Å²) in [5, 5.41) is 0.697. The monoisotopic (exact) mass is 224 g/mol.